The summed E-state index contributed by atoms with van der Waals surface area (Å²) in [6.45, 7) is 0. The molecule has 0 aliphatic rings. The van der Waals surface area contributed by atoms with Crippen molar-refractivity contribution in [2.45, 2.75) is 0 Å². The first-order valence-corrected chi connectivity index (χ1v) is 16.8. The fraction of sp³-hybridized carbons (Fsp3) is 0. The summed E-state index contributed by atoms with van der Waals surface area (Å²) in [5, 5.41) is 7.44. The fourth-order valence-corrected chi connectivity index (χ4v) is 7.72. The van der Waals surface area contributed by atoms with Crippen LogP contribution in [0.1, 0.15) is 0 Å². The van der Waals surface area contributed by atoms with Crippen molar-refractivity contribution >= 4 is 71.4 Å². The summed E-state index contributed by atoms with van der Waals surface area (Å²) in [5.41, 5.74) is 10.5. The summed E-state index contributed by atoms with van der Waals surface area (Å²) in [7, 11) is 0. The summed E-state index contributed by atoms with van der Waals surface area (Å²) in [6.07, 6.45) is 0. The van der Waals surface area contributed by atoms with Gasteiger partial charge >= 0.3 is 0 Å². The van der Waals surface area contributed by atoms with Crippen molar-refractivity contribution in [1.29, 1.82) is 0 Å². The molecular weight excluding hydrogens is 595 g/mol. The third-order valence-electron chi connectivity index (χ3n) is 9.87. The standard InChI is InChI=1S/C46H31N3/c1-3-16-33(17-4-1)47(42-25-13-15-32-14-7-8-20-37(32)42)35-26-28-36(29-27-35)49-44-24-12-10-22-39(44)41-30-45-40(31-46(41)49)38-21-9-11-23-43(38)48(45)34-18-5-2-6-19-34/h1-31H. The van der Waals surface area contributed by atoms with Gasteiger partial charge in [-0.3, -0.25) is 0 Å². The van der Waals surface area contributed by atoms with Crippen molar-refractivity contribution in [2.24, 2.45) is 0 Å². The van der Waals surface area contributed by atoms with Gasteiger partial charge in [0.2, 0.25) is 0 Å². The van der Waals surface area contributed by atoms with Crippen molar-refractivity contribution in [3.63, 3.8) is 0 Å². The number of anilines is 3. The maximum absolute atomic E-state index is 2.42. The second-order valence-electron chi connectivity index (χ2n) is 12.6. The van der Waals surface area contributed by atoms with Gasteiger partial charge in [0.05, 0.1) is 27.8 Å². The number of benzene rings is 8. The molecule has 2 aromatic heterocycles. The Morgan fingerprint density at radius 2 is 0.776 bits per heavy atom. The maximum atomic E-state index is 2.42. The van der Waals surface area contributed by atoms with Crippen LogP contribution in [0.25, 0.3) is 65.8 Å². The second kappa shape index (κ2) is 11.0. The monoisotopic (exact) mass is 625 g/mol. The minimum atomic E-state index is 1.11. The average molecular weight is 626 g/mol. The van der Waals surface area contributed by atoms with Gasteiger partial charge in [-0.05, 0) is 84.2 Å². The minimum absolute atomic E-state index is 1.11. The molecule has 2 heterocycles. The Morgan fingerprint density at radius 1 is 0.306 bits per heavy atom. The van der Waals surface area contributed by atoms with Crippen LogP contribution in [0.5, 0.6) is 0 Å². The molecular formula is C46H31N3. The van der Waals surface area contributed by atoms with E-state index >= 15 is 0 Å². The fourth-order valence-electron chi connectivity index (χ4n) is 7.72. The van der Waals surface area contributed by atoms with Crippen LogP contribution >= 0.6 is 0 Å². The van der Waals surface area contributed by atoms with E-state index in [1.54, 1.807) is 0 Å². The van der Waals surface area contributed by atoms with E-state index in [0.29, 0.717) is 0 Å². The number of nitrogens with zero attached hydrogens (tertiary/aromatic N) is 3. The first kappa shape index (κ1) is 27.5. The Balaban J connectivity index is 1.19. The van der Waals surface area contributed by atoms with Gasteiger partial charge < -0.3 is 14.0 Å². The highest BCUT2D eigenvalue weighted by Crippen LogP contribution is 2.42. The molecule has 230 valence electrons. The Labute approximate surface area is 284 Å². The molecule has 0 aliphatic heterocycles. The van der Waals surface area contributed by atoms with Gasteiger partial charge in [0, 0.05) is 49.7 Å². The van der Waals surface area contributed by atoms with Crippen molar-refractivity contribution in [3.8, 4) is 11.4 Å². The lowest BCUT2D eigenvalue weighted by Gasteiger charge is -2.27. The van der Waals surface area contributed by atoms with Crippen LogP contribution in [0.3, 0.4) is 0 Å². The summed E-state index contributed by atoms with van der Waals surface area (Å²) in [5.74, 6) is 0. The first-order valence-electron chi connectivity index (χ1n) is 16.8. The molecule has 0 saturated heterocycles. The molecule has 3 nitrogen and oxygen atoms in total. The van der Waals surface area contributed by atoms with Gasteiger partial charge in [0.15, 0.2) is 0 Å². The lowest BCUT2D eigenvalue weighted by molar-refractivity contribution is 1.17. The van der Waals surface area contributed by atoms with E-state index in [9.17, 15) is 0 Å². The van der Waals surface area contributed by atoms with Gasteiger partial charge in [-0.1, -0.05) is 109 Å². The van der Waals surface area contributed by atoms with E-state index in [0.717, 1.165) is 22.7 Å². The summed E-state index contributed by atoms with van der Waals surface area (Å²) in [6, 6.07) is 67.9. The van der Waals surface area contributed by atoms with Crippen LogP contribution in [-0.2, 0) is 0 Å². The number of fused-ring (bicyclic) bond motifs is 7. The van der Waals surface area contributed by atoms with Crippen LogP contribution < -0.4 is 4.90 Å². The van der Waals surface area contributed by atoms with Gasteiger partial charge in [-0.15, -0.1) is 0 Å². The molecule has 10 rings (SSSR count). The SMILES string of the molecule is c1ccc(N(c2ccc(-n3c4ccccc4c4cc5c(cc43)c3ccccc3n5-c3ccccc3)cc2)c2cccc3ccccc23)cc1. The summed E-state index contributed by atoms with van der Waals surface area (Å²) in [4.78, 5) is 2.36. The van der Waals surface area contributed by atoms with E-state index < -0.39 is 0 Å². The van der Waals surface area contributed by atoms with Gasteiger partial charge in [-0.25, -0.2) is 0 Å². The first-order chi connectivity index (χ1) is 24.3. The Morgan fingerprint density at radius 3 is 1.41 bits per heavy atom. The van der Waals surface area contributed by atoms with E-state index in [1.807, 2.05) is 0 Å². The molecule has 0 N–H and O–H groups in total. The van der Waals surface area contributed by atoms with Crippen molar-refractivity contribution in [2.75, 3.05) is 4.90 Å². The zero-order valence-electron chi connectivity index (χ0n) is 26.7. The number of rotatable bonds is 5. The lowest BCUT2D eigenvalue weighted by atomic mass is 10.1. The van der Waals surface area contributed by atoms with E-state index in [4.69, 9.17) is 0 Å². The average Bonchev–Trinajstić information content (AvgIpc) is 3.67. The maximum Gasteiger partial charge on any atom is 0.0548 e. The summed E-state index contributed by atoms with van der Waals surface area (Å²) < 4.78 is 4.82. The Bertz CT molecular complexity index is 2800. The van der Waals surface area contributed by atoms with Gasteiger partial charge in [0.1, 0.15) is 0 Å². The second-order valence-corrected chi connectivity index (χ2v) is 12.6. The van der Waals surface area contributed by atoms with E-state index in [1.165, 1.54) is 60.1 Å². The molecule has 0 radical (unpaired) electrons. The predicted octanol–water partition coefficient (Wildman–Crippen LogP) is 12.5. The molecule has 0 amide bonds. The zero-order valence-corrected chi connectivity index (χ0v) is 26.7. The molecule has 0 saturated carbocycles. The van der Waals surface area contributed by atoms with Crippen LogP contribution in [0.15, 0.2) is 188 Å². The largest absolute Gasteiger partial charge is 0.310 e. The summed E-state index contributed by atoms with van der Waals surface area (Å²) >= 11 is 0. The van der Waals surface area contributed by atoms with Crippen LogP contribution in [0.2, 0.25) is 0 Å². The van der Waals surface area contributed by atoms with E-state index in [-0.39, 0.29) is 0 Å². The molecule has 0 bridgehead atoms. The molecule has 0 fully saturated rings. The normalized spacial score (nSPS) is 11.7. The number of aromatic nitrogens is 2. The smallest absolute Gasteiger partial charge is 0.0548 e. The van der Waals surface area contributed by atoms with Crippen molar-refractivity contribution in [1.82, 2.24) is 9.13 Å². The number of para-hydroxylation sites is 4. The molecule has 0 aliphatic carbocycles. The molecule has 49 heavy (non-hydrogen) atoms. The van der Waals surface area contributed by atoms with Crippen molar-refractivity contribution in [3.05, 3.63) is 188 Å². The Hall–Kier alpha value is -6.58. The number of hydrogen-bond acceptors (Lipinski definition) is 1. The minimum Gasteiger partial charge on any atom is -0.310 e. The van der Waals surface area contributed by atoms with Gasteiger partial charge in [-0.2, -0.15) is 0 Å². The zero-order chi connectivity index (χ0) is 32.3. The molecule has 0 unspecified atom stereocenters. The lowest BCUT2D eigenvalue weighted by Crippen LogP contribution is -2.10. The molecule has 0 spiro atoms. The van der Waals surface area contributed by atoms with Gasteiger partial charge in [0.25, 0.3) is 0 Å². The van der Waals surface area contributed by atoms with Crippen LogP contribution in [-0.4, -0.2) is 9.13 Å². The van der Waals surface area contributed by atoms with Crippen LogP contribution in [0, 0.1) is 0 Å². The molecule has 10 aromatic rings. The topological polar surface area (TPSA) is 13.1 Å². The predicted molar refractivity (Wildman–Crippen MR) is 207 cm³/mol. The quantitative estimate of drug-likeness (QED) is 0.185. The molecule has 3 heteroatoms. The van der Waals surface area contributed by atoms with Crippen LogP contribution in [0.4, 0.5) is 17.1 Å². The highest BCUT2D eigenvalue weighted by Gasteiger charge is 2.19. The highest BCUT2D eigenvalue weighted by atomic mass is 15.1. The third kappa shape index (κ3) is 4.29. The third-order valence-corrected chi connectivity index (χ3v) is 9.87. The van der Waals surface area contributed by atoms with Crippen molar-refractivity contribution < 1.29 is 0 Å². The molecule has 8 aromatic carbocycles. The molecule has 0 atom stereocenters. The Kier molecular flexibility index (Phi) is 6.18. The number of hydrogen-bond donors (Lipinski definition) is 0. The van der Waals surface area contributed by atoms with E-state index in [2.05, 4.69) is 202 Å². The highest BCUT2D eigenvalue weighted by molar-refractivity contribution is 6.19.